The standard InChI is InChI=1S/C13H13ClN4O2/c14-10-4-1-3-9(7-10)8-11-15-16-17-18(11)13(12(19)20)5-2-6-13/h1,3-4,7H,2,5-6,8H2,(H,19,20). The van der Waals surface area contributed by atoms with Crippen molar-refractivity contribution < 1.29 is 9.90 Å². The smallest absolute Gasteiger partial charge is 0.331 e. The summed E-state index contributed by atoms with van der Waals surface area (Å²) in [6.45, 7) is 0. The maximum Gasteiger partial charge on any atom is 0.331 e. The van der Waals surface area contributed by atoms with Crippen LogP contribution in [0.4, 0.5) is 0 Å². The molecular formula is C13H13ClN4O2. The average molecular weight is 293 g/mol. The molecule has 0 aliphatic heterocycles. The van der Waals surface area contributed by atoms with Crippen LogP contribution in [0.15, 0.2) is 24.3 Å². The molecule has 1 aromatic carbocycles. The van der Waals surface area contributed by atoms with Gasteiger partial charge in [0.1, 0.15) is 0 Å². The molecule has 0 bridgehead atoms. The number of rotatable bonds is 4. The van der Waals surface area contributed by atoms with Crippen molar-refractivity contribution in [1.29, 1.82) is 0 Å². The molecule has 3 rings (SSSR count). The summed E-state index contributed by atoms with van der Waals surface area (Å²) < 4.78 is 1.46. The Hall–Kier alpha value is -1.95. The Labute approximate surface area is 120 Å². The number of benzene rings is 1. The summed E-state index contributed by atoms with van der Waals surface area (Å²) >= 11 is 5.95. The monoisotopic (exact) mass is 292 g/mol. The highest BCUT2D eigenvalue weighted by Gasteiger charge is 2.48. The van der Waals surface area contributed by atoms with Crippen LogP contribution in [-0.2, 0) is 16.8 Å². The number of carboxylic acid groups (broad SMARTS) is 1. The summed E-state index contributed by atoms with van der Waals surface area (Å²) in [5.41, 5.74) is -0.0226. The minimum absolute atomic E-state index is 0.461. The molecule has 0 unspecified atom stereocenters. The van der Waals surface area contributed by atoms with Gasteiger partial charge in [0, 0.05) is 11.4 Å². The Kier molecular flexibility index (Phi) is 3.17. The fourth-order valence-electron chi connectivity index (χ4n) is 2.51. The Morgan fingerprint density at radius 2 is 2.25 bits per heavy atom. The number of hydrogen-bond acceptors (Lipinski definition) is 4. The van der Waals surface area contributed by atoms with Gasteiger partial charge in [0.15, 0.2) is 11.4 Å². The number of aliphatic carboxylic acids is 1. The summed E-state index contributed by atoms with van der Waals surface area (Å²) in [7, 11) is 0. The van der Waals surface area contributed by atoms with E-state index in [0.29, 0.717) is 30.1 Å². The van der Waals surface area contributed by atoms with Crippen molar-refractivity contribution in [3.8, 4) is 0 Å². The van der Waals surface area contributed by atoms with E-state index in [1.54, 1.807) is 6.07 Å². The first-order valence-electron chi connectivity index (χ1n) is 6.37. The molecule has 0 amide bonds. The van der Waals surface area contributed by atoms with Gasteiger partial charge in [-0.05, 0) is 47.4 Å². The molecule has 0 atom stereocenters. The van der Waals surface area contributed by atoms with Crippen LogP contribution in [-0.4, -0.2) is 31.3 Å². The molecule has 1 aliphatic rings. The molecule has 104 valence electrons. The molecule has 0 spiro atoms. The zero-order valence-electron chi connectivity index (χ0n) is 10.7. The highest BCUT2D eigenvalue weighted by molar-refractivity contribution is 6.30. The maximum absolute atomic E-state index is 11.5. The normalized spacial score (nSPS) is 16.6. The predicted octanol–water partition coefficient (Wildman–Crippen LogP) is 1.88. The molecule has 1 aromatic heterocycles. The Balaban J connectivity index is 1.93. The first kappa shape index (κ1) is 13.1. The van der Waals surface area contributed by atoms with Crippen molar-refractivity contribution in [2.75, 3.05) is 0 Å². The van der Waals surface area contributed by atoms with E-state index in [2.05, 4.69) is 15.5 Å². The van der Waals surface area contributed by atoms with Crippen LogP contribution in [0.2, 0.25) is 5.02 Å². The predicted molar refractivity (Wildman–Crippen MR) is 71.5 cm³/mol. The van der Waals surface area contributed by atoms with E-state index >= 15 is 0 Å². The first-order chi connectivity index (χ1) is 9.62. The molecule has 0 radical (unpaired) electrons. The topological polar surface area (TPSA) is 80.9 Å². The van der Waals surface area contributed by atoms with Crippen LogP contribution >= 0.6 is 11.6 Å². The minimum Gasteiger partial charge on any atom is -0.479 e. The van der Waals surface area contributed by atoms with Crippen LogP contribution in [0.3, 0.4) is 0 Å². The number of halogens is 1. The summed E-state index contributed by atoms with van der Waals surface area (Å²) in [4.78, 5) is 11.5. The zero-order chi connectivity index (χ0) is 14.2. The number of tetrazole rings is 1. The van der Waals surface area contributed by atoms with Crippen LogP contribution in [0.25, 0.3) is 0 Å². The lowest BCUT2D eigenvalue weighted by molar-refractivity contribution is -0.153. The van der Waals surface area contributed by atoms with Gasteiger partial charge in [0.05, 0.1) is 0 Å². The molecule has 1 aliphatic carbocycles. The quantitative estimate of drug-likeness (QED) is 0.930. The SMILES string of the molecule is O=C(O)C1(n2nnnc2Cc2cccc(Cl)c2)CCC1. The second kappa shape index (κ2) is 4.86. The molecule has 1 heterocycles. The lowest BCUT2D eigenvalue weighted by Gasteiger charge is -2.37. The summed E-state index contributed by atoms with van der Waals surface area (Å²) in [5, 5.41) is 21.6. The lowest BCUT2D eigenvalue weighted by atomic mass is 9.77. The first-order valence-corrected chi connectivity index (χ1v) is 6.75. The largest absolute Gasteiger partial charge is 0.479 e. The molecule has 20 heavy (non-hydrogen) atoms. The third-order valence-electron chi connectivity index (χ3n) is 3.77. The number of carboxylic acids is 1. The zero-order valence-corrected chi connectivity index (χ0v) is 11.4. The van der Waals surface area contributed by atoms with Crippen molar-refractivity contribution in [3.05, 3.63) is 40.7 Å². The van der Waals surface area contributed by atoms with Crippen LogP contribution in [0, 0.1) is 0 Å². The lowest BCUT2D eigenvalue weighted by Crippen LogP contribution is -2.49. The highest BCUT2D eigenvalue weighted by Crippen LogP contribution is 2.39. The van der Waals surface area contributed by atoms with E-state index in [4.69, 9.17) is 11.6 Å². The van der Waals surface area contributed by atoms with Crippen molar-refractivity contribution in [3.63, 3.8) is 0 Å². The van der Waals surface area contributed by atoms with Crippen molar-refractivity contribution >= 4 is 17.6 Å². The average Bonchev–Trinajstić information content (AvgIpc) is 2.76. The number of aromatic nitrogens is 4. The van der Waals surface area contributed by atoms with Crippen molar-refractivity contribution in [2.24, 2.45) is 0 Å². The van der Waals surface area contributed by atoms with Gasteiger partial charge in [-0.3, -0.25) is 0 Å². The second-order valence-electron chi connectivity index (χ2n) is 5.00. The van der Waals surface area contributed by atoms with E-state index in [0.717, 1.165) is 12.0 Å². The Morgan fingerprint density at radius 1 is 1.45 bits per heavy atom. The molecule has 0 saturated heterocycles. The third-order valence-corrected chi connectivity index (χ3v) is 4.00. The van der Waals surface area contributed by atoms with E-state index in [1.165, 1.54) is 4.68 Å². The van der Waals surface area contributed by atoms with Gasteiger partial charge in [-0.2, -0.15) is 0 Å². The third kappa shape index (κ3) is 2.06. The fraction of sp³-hybridized carbons (Fsp3) is 0.385. The fourth-order valence-corrected chi connectivity index (χ4v) is 2.72. The molecule has 1 N–H and O–H groups in total. The van der Waals surface area contributed by atoms with Gasteiger partial charge in [-0.15, -0.1) is 5.10 Å². The molecule has 1 saturated carbocycles. The van der Waals surface area contributed by atoms with Crippen LogP contribution in [0.5, 0.6) is 0 Å². The van der Waals surface area contributed by atoms with Crippen molar-refractivity contribution in [1.82, 2.24) is 20.2 Å². The number of carbonyl (C=O) groups is 1. The molecule has 2 aromatic rings. The van der Waals surface area contributed by atoms with Gasteiger partial charge in [-0.1, -0.05) is 23.7 Å². The van der Waals surface area contributed by atoms with E-state index in [-0.39, 0.29) is 0 Å². The molecule has 6 nitrogen and oxygen atoms in total. The Bertz CT molecular complexity index is 651. The molecule has 1 fully saturated rings. The van der Waals surface area contributed by atoms with E-state index in [1.807, 2.05) is 18.2 Å². The van der Waals surface area contributed by atoms with Gasteiger partial charge in [-0.25, -0.2) is 9.48 Å². The maximum atomic E-state index is 11.5. The Morgan fingerprint density at radius 3 is 2.85 bits per heavy atom. The molecule has 7 heteroatoms. The van der Waals surface area contributed by atoms with Gasteiger partial charge in [0.2, 0.25) is 0 Å². The van der Waals surface area contributed by atoms with Gasteiger partial charge >= 0.3 is 5.97 Å². The van der Waals surface area contributed by atoms with E-state index in [9.17, 15) is 9.90 Å². The highest BCUT2D eigenvalue weighted by atomic mass is 35.5. The number of nitrogens with zero attached hydrogens (tertiary/aromatic N) is 4. The van der Waals surface area contributed by atoms with Gasteiger partial charge < -0.3 is 5.11 Å². The molecular weight excluding hydrogens is 280 g/mol. The van der Waals surface area contributed by atoms with Crippen LogP contribution in [0.1, 0.15) is 30.7 Å². The summed E-state index contributed by atoms with van der Waals surface area (Å²) in [5.74, 6) is -0.322. The second-order valence-corrected chi connectivity index (χ2v) is 5.44. The summed E-state index contributed by atoms with van der Waals surface area (Å²) in [6.07, 6.45) is 2.47. The van der Waals surface area contributed by atoms with Crippen LogP contribution < -0.4 is 0 Å². The van der Waals surface area contributed by atoms with E-state index < -0.39 is 11.5 Å². The number of hydrogen-bond donors (Lipinski definition) is 1. The van der Waals surface area contributed by atoms with Gasteiger partial charge in [0.25, 0.3) is 0 Å². The minimum atomic E-state index is -0.975. The summed E-state index contributed by atoms with van der Waals surface area (Å²) in [6, 6.07) is 7.38. The van der Waals surface area contributed by atoms with Crippen molar-refractivity contribution in [2.45, 2.75) is 31.2 Å².